The van der Waals surface area contributed by atoms with Crippen molar-refractivity contribution in [1.82, 2.24) is 15.3 Å². The highest BCUT2D eigenvalue weighted by molar-refractivity contribution is 5.88. The summed E-state index contributed by atoms with van der Waals surface area (Å²) in [6.07, 6.45) is 11.7. The van der Waals surface area contributed by atoms with E-state index >= 15 is 0 Å². The van der Waals surface area contributed by atoms with Crippen molar-refractivity contribution in [2.45, 2.75) is 83.1 Å². The Labute approximate surface area is 173 Å². The highest BCUT2D eigenvalue weighted by Crippen LogP contribution is 2.37. The molecule has 2 unspecified atom stereocenters. The number of anilines is 2. The van der Waals surface area contributed by atoms with Crippen LogP contribution in [0.1, 0.15) is 76.5 Å². The lowest BCUT2D eigenvalue weighted by Crippen LogP contribution is -2.25. The highest BCUT2D eigenvalue weighted by atomic mass is 16.6. The minimum atomic E-state index is 0.0615. The standard InChI is InChI=1S/C23H35N5O/c1-2-3-11-24-22-23(29-22)27-19-14-17-18(15-20(19)28-12-7-8-13-28)26-21(25-17)16-9-5-4-6-10-16/h14-16,22-24,27H,2-13H2,1H3,(H,25,26). The van der Waals surface area contributed by atoms with Crippen molar-refractivity contribution in [2.75, 3.05) is 29.9 Å². The second-order valence-corrected chi connectivity index (χ2v) is 8.97. The van der Waals surface area contributed by atoms with Crippen LogP contribution in [-0.2, 0) is 4.74 Å². The molecule has 3 fully saturated rings. The maximum absolute atomic E-state index is 5.83. The van der Waals surface area contributed by atoms with Crippen molar-refractivity contribution in [3.8, 4) is 0 Å². The van der Waals surface area contributed by atoms with E-state index in [9.17, 15) is 0 Å². The summed E-state index contributed by atoms with van der Waals surface area (Å²) in [5, 5.41) is 7.13. The van der Waals surface area contributed by atoms with E-state index in [2.05, 4.69) is 39.6 Å². The summed E-state index contributed by atoms with van der Waals surface area (Å²) in [5.41, 5.74) is 4.70. The number of rotatable bonds is 8. The van der Waals surface area contributed by atoms with Gasteiger partial charge in [0.25, 0.3) is 0 Å². The Kier molecular flexibility index (Phi) is 5.64. The molecule has 0 amide bonds. The number of nitrogens with zero attached hydrogens (tertiary/aromatic N) is 2. The van der Waals surface area contributed by atoms with Crippen LogP contribution in [0.15, 0.2) is 12.1 Å². The van der Waals surface area contributed by atoms with Gasteiger partial charge in [-0.1, -0.05) is 32.6 Å². The first-order chi connectivity index (χ1) is 14.3. The topological polar surface area (TPSA) is 68.5 Å². The zero-order chi connectivity index (χ0) is 19.6. The number of imidazole rings is 1. The Morgan fingerprint density at radius 2 is 1.93 bits per heavy atom. The zero-order valence-electron chi connectivity index (χ0n) is 17.7. The lowest BCUT2D eigenvalue weighted by atomic mass is 9.89. The van der Waals surface area contributed by atoms with Gasteiger partial charge in [0.1, 0.15) is 5.82 Å². The van der Waals surface area contributed by atoms with E-state index in [0.717, 1.165) is 30.7 Å². The average Bonchev–Trinajstić information content (AvgIpc) is 3.12. The second kappa shape index (κ2) is 8.52. The highest BCUT2D eigenvalue weighted by Gasteiger charge is 2.39. The molecule has 0 radical (unpaired) electrons. The van der Waals surface area contributed by atoms with Crippen LogP contribution in [0.5, 0.6) is 0 Å². The van der Waals surface area contributed by atoms with Gasteiger partial charge < -0.3 is 19.9 Å². The molecule has 6 nitrogen and oxygen atoms in total. The molecule has 5 rings (SSSR count). The number of fused-ring (bicyclic) bond motifs is 1. The van der Waals surface area contributed by atoms with E-state index in [1.807, 2.05) is 0 Å². The van der Waals surface area contributed by atoms with Crippen LogP contribution in [-0.4, -0.2) is 42.1 Å². The number of nitrogens with one attached hydrogen (secondary N) is 3. The van der Waals surface area contributed by atoms with Gasteiger partial charge in [-0.15, -0.1) is 0 Å². The number of hydrogen-bond acceptors (Lipinski definition) is 5. The summed E-state index contributed by atoms with van der Waals surface area (Å²) in [7, 11) is 0. The van der Waals surface area contributed by atoms with Crippen molar-refractivity contribution in [3.63, 3.8) is 0 Å². The number of aromatic nitrogens is 2. The van der Waals surface area contributed by atoms with Crippen molar-refractivity contribution >= 4 is 22.4 Å². The first-order valence-electron chi connectivity index (χ1n) is 11.8. The second-order valence-electron chi connectivity index (χ2n) is 8.97. The van der Waals surface area contributed by atoms with Crippen LogP contribution in [0.4, 0.5) is 11.4 Å². The third-order valence-electron chi connectivity index (χ3n) is 6.72. The summed E-state index contributed by atoms with van der Waals surface area (Å²) in [6, 6.07) is 4.54. The molecule has 3 heterocycles. The molecule has 0 bridgehead atoms. The normalized spacial score (nSPS) is 25.1. The Morgan fingerprint density at radius 1 is 1.10 bits per heavy atom. The molecule has 6 heteroatoms. The number of aromatic amines is 1. The van der Waals surface area contributed by atoms with E-state index in [1.165, 1.54) is 75.0 Å². The molecule has 0 spiro atoms. The summed E-state index contributed by atoms with van der Waals surface area (Å²) >= 11 is 0. The zero-order valence-corrected chi connectivity index (χ0v) is 17.7. The maximum Gasteiger partial charge on any atom is 0.170 e. The monoisotopic (exact) mass is 397 g/mol. The number of benzene rings is 1. The molecule has 3 N–H and O–H groups in total. The fourth-order valence-electron chi connectivity index (χ4n) is 4.92. The smallest absolute Gasteiger partial charge is 0.170 e. The molecule has 158 valence electrons. The van der Waals surface area contributed by atoms with Gasteiger partial charge >= 0.3 is 0 Å². The molecule has 3 aliphatic rings. The molecule has 1 aromatic heterocycles. The Balaban J connectivity index is 1.38. The van der Waals surface area contributed by atoms with E-state index in [-0.39, 0.29) is 12.5 Å². The third kappa shape index (κ3) is 4.24. The van der Waals surface area contributed by atoms with Crippen molar-refractivity contribution in [3.05, 3.63) is 18.0 Å². The minimum Gasteiger partial charge on any atom is -0.370 e. The molecule has 2 saturated heterocycles. The number of ether oxygens (including phenoxy) is 1. The summed E-state index contributed by atoms with van der Waals surface area (Å²) in [5.74, 6) is 1.78. The first-order valence-corrected chi connectivity index (χ1v) is 11.8. The van der Waals surface area contributed by atoms with Crippen LogP contribution >= 0.6 is 0 Å². The molecule has 1 aromatic carbocycles. The van der Waals surface area contributed by atoms with Gasteiger partial charge in [-0.2, -0.15) is 0 Å². The number of hydrogen-bond donors (Lipinski definition) is 3. The lowest BCUT2D eigenvalue weighted by molar-refractivity contribution is 0.351. The fraction of sp³-hybridized carbons (Fsp3) is 0.696. The van der Waals surface area contributed by atoms with E-state index < -0.39 is 0 Å². The minimum absolute atomic E-state index is 0.0615. The molecule has 1 saturated carbocycles. The molecule has 2 aromatic rings. The molecular formula is C23H35N5O. The predicted octanol–water partition coefficient (Wildman–Crippen LogP) is 4.69. The van der Waals surface area contributed by atoms with Gasteiger partial charge in [0.15, 0.2) is 12.5 Å². The fourth-order valence-corrected chi connectivity index (χ4v) is 4.92. The first kappa shape index (κ1) is 19.2. The van der Waals surface area contributed by atoms with Crippen molar-refractivity contribution in [1.29, 1.82) is 0 Å². The van der Waals surface area contributed by atoms with Crippen molar-refractivity contribution < 1.29 is 4.74 Å². The van der Waals surface area contributed by atoms with E-state index in [1.54, 1.807) is 0 Å². The third-order valence-corrected chi connectivity index (χ3v) is 6.72. The number of epoxide rings is 1. The summed E-state index contributed by atoms with van der Waals surface area (Å²) in [4.78, 5) is 11.2. The SMILES string of the molecule is CCCCNC1OC1Nc1cc2[nH]c(C3CCCCC3)nc2cc1N1CCCC1. The Morgan fingerprint density at radius 3 is 2.72 bits per heavy atom. The molecule has 1 aliphatic carbocycles. The largest absolute Gasteiger partial charge is 0.370 e. The Hall–Kier alpha value is -1.79. The molecular weight excluding hydrogens is 362 g/mol. The molecule has 29 heavy (non-hydrogen) atoms. The van der Waals surface area contributed by atoms with Crippen LogP contribution in [0.2, 0.25) is 0 Å². The molecule has 2 aliphatic heterocycles. The lowest BCUT2D eigenvalue weighted by Gasteiger charge is -2.21. The van der Waals surface area contributed by atoms with Crippen LogP contribution in [0, 0.1) is 0 Å². The average molecular weight is 398 g/mol. The summed E-state index contributed by atoms with van der Waals surface area (Å²) in [6.45, 7) is 5.49. The van der Waals surface area contributed by atoms with Gasteiger partial charge in [0, 0.05) is 19.0 Å². The van der Waals surface area contributed by atoms with Gasteiger partial charge in [-0.05, 0) is 50.8 Å². The van der Waals surface area contributed by atoms with Crippen LogP contribution in [0.3, 0.4) is 0 Å². The summed E-state index contributed by atoms with van der Waals surface area (Å²) < 4.78 is 5.83. The van der Waals surface area contributed by atoms with E-state index in [0.29, 0.717) is 5.92 Å². The van der Waals surface area contributed by atoms with Crippen LogP contribution < -0.4 is 15.5 Å². The number of H-pyrrole nitrogens is 1. The Bertz CT molecular complexity index is 822. The van der Waals surface area contributed by atoms with Gasteiger partial charge in [-0.3, -0.25) is 5.32 Å². The van der Waals surface area contributed by atoms with Crippen LogP contribution in [0.25, 0.3) is 11.0 Å². The van der Waals surface area contributed by atoms with Gasteiger partial charge in [0.2, 0.25) is 0 Å². The van der Waals surface area contributed by atoms with Crippen molar-refractivity contribution in [2.24, 2.45) is 0 Å². The predicted molar refractivity (Wildman–Crippen MR) is 119 cm³/mol. The van der Waals surface area contributed by atoms with Gasteiger partial charge in [0.05, 0.1) is 22.4 Å². The molecule has 2 atom stereocenters. The van der Waals surface area contributed by atoms with E-state index in [4.69, 9.17) is 9.72 Å². The number of unbranched alkanes of at least 4 members (excludes halogenated alkanes) is 1. The quantitative estimate of drug-likeness (QED) is 0.445. The maximum atomic E-state index is 5.83. The van der Waals surface area contributed by atoms with Gasteiger partial charge in [-0.25, -0.2) is 4.98 Å².